The molecule has 1 atom stereocenters. The van der Waals surface area contributed by atoms with Crippen molar-refractivity contribution in [1.82, 2.24) is 0 Å². The lowest BCUT2D eigenvalue weighted by Crippen LogP contribution is -2.23. The van der Waals surface area contributed by atoms with Crippen molar-refractivity contribution in [3.8, 4) is 5.75 Å². The minimum atomic E-state index is -0.0137. The number of hydrogen-bond acceptors (Lipinski definition) is 2. The average Bonchev–Trinajstić information content (AvgIpc) is 2.33. The molecule has 1 aliphatic rings. The van der Waals surface area contributed by atoms with Crippen molar-refractivity contribution in [2.45, 2.75) is 25.2 Å². The highest BCUT2D eigenvalue weighted by molar-refractivity contribution is 5.91. The van der Waals surface area contributed by atoms with Crippen LogP contribution in [0.2, 0.25) is 0 Å². The van der Waals surface area contributed by atoms with E-state index in [9.17, 15) is 4.79 Å². The first-order valence-electron chi connectivity index (χ1n) is 5.51. The van der Waals surface area contributed by atoms with Crippen LogP contribution in [-0.4, -0.2) is 12.9 Å². The van der Waals surface area contributed by atoms with Gasteiger partial charge in [-0.2, -0.15) is 0 Å². The van der Waals surface area contributed by atoms with Crippen molar-refractivity contribution in [2.24, 2.45) is 0 Å². The first-order valence-corrected chi connectivity index (χ1v) is 5.51. The number of rotatable bonds is 2. The predicted molar refractivity (Wildman–Crippen MR) is 63.7 cm³/mol. The zero-order chi connectivity index (χ0) is 11.6. The molecular weight excluding hydrogens is 200 g/mol. The summed E-state index contributed by atoms with van der Waals surface area (Å²) in [4.78, 5) is 11.2. The third-order valence-electron chi connectivity index (χ3n) is 3.28. The molecule has 0 aliphatic heterocycles. The highest BCUT2D eigenvalue weighted by Crippen LogP contribution is 2.34. The van der Waals surface area contributed by atoms with E-state index in [1.807, 2.05) is 18.2 Å². The molecule has 0 fully saturated rings. The van der Waals surface area contributed by atoms with E-state index in [4.69, 9.17) is 4.74 Å². The Labute approximate surface area is 95.9 Å². The van der Waals surface area contributed by atoms with Gasteiger partial charge in [-0.15, -0.1) is 0 Å². The summed E-state index contributed by atoms with van der Waals surface area (Å²) in [6, 6.07) is 8.06. The van der Waals surface area contributed by atoms with Crippen molar-refractivity contribution in [3.05, 3.63) is 42.0 Å². The van der Waals surface area contributed by atoms with Crippen molar-refractivity contribution in [3.63, 3.8) is 0 Å². The van der Waals surface area contributed by atoms with Gasteiger partial charge < -0.3 is 4.74 Å². The van der Waals surface area contributed by atoms with Crippen LogP contribution in [-0.2, 0) is 10.2 Å². The van der Waals surface area contributed by atoms with Crippen LogP contribution in [0.3, 0.4) is 0 Å². The number of carbonyl (C=O) groups excluding carboxylic acids is 1. The SMILES string of the molecule is COc1ccc([C@]2(C)C=CC(=O)CC2)cc1. The Morgan fingerprint density at radius 1 is 1.25 bits per heavy atom. The standard InChI is InChI=1S/C14H16O2/c1-14(9-7-12(15)8-10-14)11-3-5-13(16-2)6-4-11/h3-7,9H,8,10H2,1-2H3/t14-/m1/s1. The summed E-state index contributed by atoms with van der Waals surface area (Å²) in [5.74, 6) is 1.09. The molecule has 2 heteroatoms. The topological polar surface area (TPSA) is 26.3 Å². The molecule has 0 aromatic heterocycles. The molecular formula is C14H16O2. The Morgan fingerprint density at radius 2 is 1.94 bits per heavy atom. The van der Waals surface area contributed by atoms with Crippen LogP contribution in [0.1, 0.15) is 25.3 Å². The largest absolute Gasteiger partial charge is 0.497 e. The van der Waals surface area contributed by atoms with E-state index in [2.05, 4.69) is 19.1 Å². The van der Waals surface area contributed by atoms with Crippen LogP contribution in [0.4, 0.5) is 0 Å². The van der Waals surface area contributed by atoms with E-state index < -0.39 is 0 Å². The second-order valence-corrected chi connectivity index (χ2v) is 4.45. The summed E-state index contributed by atoms with van der Waals surface area (Å²) >= 11 is 0. The van der Waals surface area contributed by atoms with Crippen LogP contribution in [0, 0.1) is 0 Å². The lowest BCUT2D eigenvalue weighted by molar-refractivity contribution is -0.115. The smallest absolute Gasteiger partial charge is 0.155 e. The molecule has 0 saturated carbocycles. The van der Waals surface area contributed by atoms with Crippen molar-refractivity contribution in [2.75, 3.05) is 7.11 Å². The third-order valence-corrected chi connectivity index (χ3v) is 3.28. The van der Waals surface area contributed by atoms with Crippen LogP contribution < -0.4 is 4.74 Å². The van der Waals surface area contributed by atoms with Gasteiger partial charge in [-0.25, -0.2) is 0 Å². The van der Waals surface area contributed by atoms with E-state index >= 15 is 0 Å². The minimum absolute atomic E-state index is 0.0137. The first-order chi connectivity index (χ1) is 7.64. The van der Waals surface area contributed by atoms with E-state index in [0.717, 1.165) is 12.2 Å². The fourth-order valence-corrected chi connectivity index (χ4v) is 2.04. The molecule has 0 spiro atoms. The predicted octanol–water partition coefficient (Wildman–Crippen LogP) is 2.87. The minimum Gasteiger partial charge on any atom is -0.497 e. The van der Waals surface area contributed by atoms with Crippen molar-refractivity contribution >= 4 is 5.78 Å². The van der Waals surface area contributed by atoms with E-state index in [1.165, 1.54) is 5.56 Å². The highest BCUT2D eigenvalue weighted by atomic mass is 16.5. The molecule has 2 rings (SSSR count). The summed E-state index contributed by atoms with van der Waals surface area (Å²) in [5, 5.41) is 0. The molecule has 84 valence electrons. The molecule has 0 amide bonds. The number of allylic oxidation sites excluding steroid dienone is 2. The average molecular weight is 216 g/mol. The van der Waals surface area contributed by atoms with Gasteiger partial charge in [0.05, 0.1) is 7.11 Å². The van der Waals surface area contributed by atoms with Gasteiger partial charge in [-0.05, 0) is 30.2 Å². The van der Waals surface area contributed by atoms with Gasteiger partial charge >= 0.3 is 0 Å². The zero-order valence-corrected chi connectivity index (χ0v) is 9.69. The fourth-order valence-electron chi connectivity index (χ4n) is 2.04. The Hall–Kier alpha value is -1.57. The lowest BCUT2D eigenvalue weighted by atomic mass is 9.75. The Kier molecular flexibility index (Phi) is 2.82. The Balaban J connectivity index is 2.29. The molecule has 16 heavy (non-hydrogen) atoms. The summed E-state index contributed by atoms with van der Waals surface area (Å²) in [5.41, 5.74) is 1.22. The number of carbonyl (C=O) groups is 1. The highest BCUT2D eigenvalue weighted by Gasteiger charge is 2.27. The van der Waals surface area contributed by atoms with E-state index in [-0.39, 0.29) is 11.2 Å². The lowest BCUT2D eigenvalue weighted by Gasteiger charge is -2.29. The van der Waals surface area contributed by atoms with E-state index in [0.29, 0.717) is 6.42 Å². The number of methoxy groups -OCH3 is 1. The monoisotopic (exact) mass is 216 g/mol. The zero-order valence-electron chi connectivity index (χ0n) is 9.69. The molecule has 1 aliphatic carbocycles. The maximum Gasteiger partial charge on any atom is 0.155 e. The van der Waals surface area contributed by atoms with Crippen molar-refractivity contribution in [1.29, 1.82) is 0 Å². The molecule has 0 radical (unpaired) electrons. The maximum atomic E-state index is 11.2. The van der Waals surface area contributed by atoms with Crippen LogP contribution >= 0.6 is 0 Å². The third kappa shape index (κ3) is 2.01. The van der Waals surface area contributed by atoms with Crippen LogP contribution in [0.5, 0.6) is 5.75 Å². The molecule has 2 nitrogen and oxygen atoms in total. The Morgan fingerprint density at radius 3 is 2.44 bits per heavy atom. The number of ketones is 1. The summed E-state index contributed by atoms with van der Waals surface area (Å²) in [7, 11) is 1.66. The maximum absolute atomic E-state index is 11.2. The molecule has 0 bridgehead atoms. The van der Waals surface area contributed by atoms with Gasteiger partial charge in [0, 0.05) is 11.8 Å². The van der Waals surface area contributed by atoms with Crippen LogP contribution in [0.25, 0.3) is 0 Å². The van der Waals surface area contributed by atoms with Gasteiger partial charge in [0.15, 0.2) is 5.78 Å². The molecule has 0 N–H and O–H groups in total. The second kappa shape index (κ2) is 4.12. The van der Waals surface area contributed by atoms with Gasteiger partial charge in [0.2, 0.25) is 0 Å². The molecule has 0 heterocycles. The fraction of sp³-hybridized carbons (Fsp3) is 0.357. The Bertz CT molecular complexity index is 417. The first kappa shape index (κ1) is 10.9. The van der Waals surface area contributed by atoms with Crippen LogP contribution in [0.15, 0.2) is 36.4 Å². The molecule has 1 aromatic rings. The van der Waals surface area contributed by atoms with Crippen molar-refractivity contribution < 1.29 is 9.53 Å². The van der Waals surface area contributed by atoms with E-state index in [1.54, 1.807) is 13.2 Å². The number of ether oxygens (including phenoxy) is 1. The summed E-state index contributed by atoms with van der Waals surface area (Å²) < 4.78 is 5.13. The normalized spacial score (nSPS) is 24.5. The van der Waals surface area contributed by atoms with Gasteiger partial charge in [-0.3, -0.25) is 4.79 Å². The summed E-state index contributed by atoms with van der Waals surface area (Å²) in [6.07, 6.45) is 5.24. The second-order valence-electron chi connectivity index (χ2n) is 4.45. The number of benzene rings is 1. The number of hydrogen-bond donors (Lipinski definition) is 0. The van der Waals surface area contributed by atoms with Gasteiger partial charge in [0.1, 0.15) is 5.75 Å². The summed E-state index contributed by atoms with van der Waals surface area (Å²) in [6.45, 7) is 2.16. The quantitative estimate of drug-likeness (QED) is 0.759. The molecule has 0 unspecified atom stereocenters. The molecule has 1 aromatic carbocycles. The van der Waals surface area contributed by atoms with Gasteiger partial charge in [-0.1, -0.05) is 25.1 Å². The molecule has 0 saturated heterocycles. The van der Waals surface area contributed by atoms with Gasteiger partial charge in [0.25, 0.3) is 0 Å².